The van der Waals surface area contributed by atoms with Gasteiger partial charge in [0.1, 0.15) is 5.65 Å². The van der Waals surface area contributed by atoms with Crippen LogP contribution in [0.1, 0.15) is 18.5 Å². The molecule has 2 aliphatic rings. The highest BCUT2D eigenvalue weighted by Gasteiger charge is 2.51. The number of aliphatic hydroxyl groups is 1. The fourth-order valence-electron chi connectivity index (χ4n) is 3.13. The van der Waals surface area contributed by atoms with Crippen LogP contribution in [0.25, 0.3) is 5.65 Å². The molecule has 2 aromatic heterocycles. The van der Waals surface area contributed by atoms with E-state index in [0.29, 0.717) is 31.2 Å². The maximum absolute atomic E-state index is 12.0. The van der Waals surface area contributed by atoms with Gasteiger partial charge < -0.3 is 5.11 Å². The third-order valence-electron chi connectivity index (χ3n) is 4.34. The van der Waals surface area contributed by atoms with E-state index in [1.54, 1.807) is 16.7 Å². The van der Waals surface area contributed by atoms with Gasteiger partial charge in [-0.2, -0.15) is 0 Å². The quantitative estimate of drug-likeness (QED) is 0.890. The van der Waals surface area contributed by atoms with Gasteiger partial charge in [-0.25, -0.2) is 4.98 Å². The highest BCUT2D eigenvalue weighted by molar-refractivity contribution is 5.38. The van der Waals surface area contributed by atoms with Gasteiger partial charge in [-0.05, 0) is 30.9 Å². The molecule has 0 radical (unpaired) electrons. The average Bonchev–Trinajstić information content (AvgIpc) is 3.21. The standard InChI is InChI=1S/C15H17N3O2/c19-14-7-12(16-13-3-1-2-6-18(13)14)8-17-9-15(20,10-17)11-4-5-11/h1-3,6-7,11,20H,4-5,8-10H2. The minimum atomic E-state index is -0.480. The average molecular weight is 271 g/mol. The summed E-state index contributed by atoms with van der Waals surface area (Å²) in [5.41, 5.74) is 0.918. The number of hydrogen-bond donors (Lipinski definition) is 1. The molecule has 104 valence electrons. The molecule has 0 aromatic carbocycles. The van der Waals surface area contributed by atoms with Gasteiger partial charge in [0.25, 0.3) is 5.56 Å². The molecular weight excluding hydrogens is 254 g/mol. The molecule has 5 heteroatoms. The lowest BCUT2D eigenvalue weighted by Gasteiger charge is -2.46. The summed E-state index contributed by atoms with van der Waals surface area (Å²) in [6.45, 7) is 2.04. The first-order valence-electron chi connectivity index (χ1n) is 7.06. The largest absolute Gasteiger partial charge is 0.387 e. The Labute approximate surface area is 116 Å². The summed E-state index contributed by atoms with van der Waals surface area (Å²) in [5.74, 6) is 0.494. The van der Waals surface area contributed by atoms with Crippen LogP contribution in [0.15, 0.2) is 35.3 Å². The van der Waals surface area contributed by atoms with E-state index < -0.39 is 5.60 Å². The number of aromatic nitrogens is 2. The predicted octanol–water partition coefficient (Wildman–Crippen LogP) is 0.651. The van der Waals surface area contributed by atoms with Crippen LogP contribution in [0.4, 0.5) is 0 Å². The molecule has 0 atom stereocenters. The van der Waals surface area contributed by atoms with Crippen LogP contribution in [0.3, 0.4) is 0 Å². The minimum absolute atomic E-state index is 0.0522. The van der Waals surface area contributed by atoms with Crippen LogP contribution in [-0.2, 0) is 6.54 Å². The normalized spacial score (nSPS) is 21.9. The molecule has 1 N–H and O–H groups in total. The molecule has 0 unspecified atom stereocenters. The lowest BCUT2D eigenvalue weighted by molar-refractivity contribution is -0.117. The first-order valence-corrected chi connectivity index (χ1v) is 7.06. The van der Waals surface area contributed by atoms with Crippen molar-refractivity contribution in [3.63, 3.8) is 0 Å². The summed E-state index contributed by atoms with van der Waals surface area (Å²) in [7, 11) is 0. The first-order chi connectivity index (χ1) is 9.64. The predicted molar refractivity (Wildman–Crippen MR) is 74.4 cm³/mol. The van der Waals surface area contributed by atoms with Crippen molar-refractivity contribution in [2.75, 3.05) is 13.1 Å². The SMILES string of the molecule is O=c1cc(CN2CC(O)(C3CC3)C2)nc2ccccn12. The monoisotopic (exact) mass is 271 g/mol. The summed E-state index contributed by atoms with van der Waals surface area (Å²) in [4.78, 5) is 18.6. The Bertz CT molecular complexity index is 714. The lowest BCUT2D eigenvalue weighted by atomic mass is 9.88. The van der Waals surface area contributed by atoms with Crippen molar-refractivity contribution < 1.29 is 5.11 Å². The van der Waals surface area contributed by atoms with Crippen molar-refractivity contribution in [1.82, 2.24) is 14.3 Å². The second kappa shape index (κ2) is 4.14. The van der Waals surface area contributed by atoms with Crippen LogP contribution in [0.2, 0.25) is 0 Å². The van der Waals surface area contributed by atoms with Gasteiger partial charge in [-0.15, -0.1) is 0 Å². The number of β-amino-alcohol motifs (C(OH)–C–C–N with tert-alkyl or cyclic N) is 1. The zero-order valence-corrected chi connectivity index (χ0v) is 11.2. The highest BCUT2D eigenvalue weighted by Crippen LogP contribution is 2.44. The number of hydrogen-bond acceptors (Lipinski definition) is 4. The maximum Gasteiger partial charge on any atom is 0.258 e. The summed E-state index contributed by atoms with van der Waals surface area (Å²) in [5, 5.41) is 10.3. The van der Waals surface area contributed by atoms with E-state index in [2.05, 4.69) is 9.88 Å². The van der Waals surface area contributed by atoms with Crippen LogP contribution in [0.5, 0.6) is 0 Å². The van der Waals surface area contributed by atoms with Crippen molar-refractivity contribution in [3.05, 3.63) is 46.5 Å². The third-order valence-corrected chi connectivity index (χ3v) is 4.34. The van der Waals surface area contributed by atoms with Crippen LogP contribution < -0.4 is 5.56 Å². The zero-order chi connectivity index (χ0) is 13.7. The van der Waals surface area contributed by atoms with Gasteiger partial charge >= 0.3 is 0 Å². The van der Waals surface area contributed by atoms with E-state index in [4.69, 9.17) is 0 Å². The van der Waals surface area contributed by atoms with E-state index in [0.717, 1.165) is 18.5 Å². The molecule has 0 amide bonds. The van der Waals surface area contributed by atoms with E-state index in [1.165, 1.54) is 0 Å². The Balaban J connectivity index is 1.54. The molecule has 3 heterocycles. The second-order valence-electron chi connectivity index (χ2n) is 6.04. The Morgan fingerprint density at radius 2 is 2.15 bits per heavy atom. The number of fused-ring (bicyclic) bond motifs is 1. The fourth-order valence-corrected chi connectivity index (χ4v) is 3.13. The molecule has 1 aliphatic carbocycles. The Hall–Kier alpha value is -1.72. The molecular formula is C15H17N3O2. The maximum atomic E-state index is 12.0. The first kappa shape index (κ1) is 12.1. The Morgan fingerprint density at radius 1 is 1.35 bits per heavy atom. The van der Waals surface area contributed by atoms with Crippen molar-refractivity contribution in [2.24, 2.45) is 5.92 Å². The van der Waals surface area contributed by atoms with Crippen LogP contribution in [-0.4, -0.2) is 38.1 Å². The molecule has 2 fully saturated rings. The van der Waals surface area contributed by atoms with E-state index in [1.807, 2.05) is 18.2 Å². The lowest BCUT2D eigenvalue weighted by Crippen LogP contribution is -2.62. The smallest absolute Gasteiger partial charge is 0.258 e. The topological polar surface area (TPSA) is 57.8 Å². The van der Waals surface area contributed by atoms with E-state index >= 15 is 0 Å². The van der Waals surface area contributed by atoms with E-state index in [9.17, 15) is 9.90 Å². The molecule has 5 nitrogen and oxygen atoms in total. The summed E-state index contributed by atoms with van der Waals surface area (Å²) in [6.07, 6.45) is 4.03. The van der Waals surface area contributed by atoms with Gasteiger partial charge in [0.2, 0.25) is 0 Å². The summed E-state index contributed by atoms with van der Waals surface area (Å²) < 4.78 is 1.54. The Kier molecular flexibility index (Phi) is 2.49. The second-order valence-corrected chi connectivity index (χ2v) is 6.04. The Morgan fingerprint density at radius 3 is 2.90 bits per heavy atom. The molecule has 2 aromatic rings. The molecule has 0 bridgehead atoms. The van der Waals surface area contributed by atoms with Gasteiger partial charge in [-0.3, -0.25) is 14.1 Å². The highest BCUT2D eigenvalue weighted by atomic mass is 16.3. The van der Waals surface area contributed by atoms with E-state index in [-0.39, 0.29) is 5.56 Å². The number of nitrogens with zero attached hydrogens (tertiary/aromatic N) is 3. The summed E-state index contributed by atoms with van der Waals surface area (Å²) in [6, 6.07) is 7.12. The van der Waals surface area contributed by atoms with Gasteiger partial charge in [0, 0.05) is 31.9 Å². The molecule has 20 heavy (non-hydrogen) atoms. The minimum Gasteiger partial charge on any atom is -0.387 e. The van der Waals surface area contributed by atoms with Crippen molar-refractivity contribution in [3.8, 4) is 0 Å². The molecule has 1 saturated heterocycles. The zero-order valence-electron chi connectivity index (χ0n) is 11.2. The third kappa shape index (κ3) is 1.94. The van der Waals surface area contributed by atoms with Gasteiger partial charge in [-0.1, -0.05) is 6.07 Å². The summed E-state index contributed by atoms with van der Waals surface area (Å²) >= 11 is 0. The number of likely N-dealkylation sites (tertiary alicyclic amines) is 1. The molecule has 0 spiro atoms. The molecule has 1 saturated carbocycles. The van der Waals surface area contributed by atoms with Crippen molar-refractivity contribution >= 4 is 5.65 Å². The van der Waals surface area contributed by atoms with Gasteiger partial charge in [0.05, 0.1) is 11.3 Å². The van der Waals surface area contributed by atoms with Crippen LogP contribution in [0, 0.1) is 5.92 Å². The van der Waals surface area contributed by atoms with Crippen molar-refractivity contribution in [2.45, 2.75) is 25.0 Å². The number of rotatable bonds is 3. The fraction of sp³-hybridized carbons (Fsp3) is 0.467. The van der Waals surface area contributed by atoms with Crippen LogP contribution >= 0.6 is 0 Å². The van der Waals surface area contributed by atoms with Crippen molar-refractivity contribution in [1.29, 1.82) is 0 Å². The number of pyridine rings is 1. The molecule has 4 rings (SSSR count). The van der Waals surface area contributed by atoms with Gasteiger partial charge in [0.15, 0.2) is 0 Å². The molecule has 1 aliphatic heterocycles.